The number of carbonyl (C=O) groups excluding carboxylic acids is 2. The number of pyridine rings is 2. The molecule has 1 aliphatic heterocycles. The van der Waals surface area contributed by atoms with Gasteiger partial charge in [0, 0.05) is 32.7 Å². The molecule has 8 nitrogen and oxygen atoms in total. The van der Waals surface area contributed by atoms with Crippen molar-refractivity contribution in [3.8, 4) is 11.8 Å². The van der Waals surface area contributed by atoms with Crippen LogP contribution in [-0.2, 0) is 17.8 Å². The Morgan fingerprint density at radius 1 is 1.14 bits per heavy atom. The first-order valence-corrected chi connectivity index (χ1v) is 12.6. The van der Waals surface area contributed by atoms with Gasteiger partial charge in [-0.1, -0.05) is 45.8 Å². The molecule has 0 saturated heterocycles. The number of rotatable bonds is 7. The highest BCUT2D eigenvalue weighted by atomic mass is 16.2. The lowest BCUT2D eigenvalue weighted by Gasteiger charge is -2.28. The number of amides is 2. The Morgan fingerprint density at radius 2 is 1.89 bits per heavy atom. The summed E-state index contributed by atoms with van der Waals surface area (Å²) in [5.41, 5.74) is 3.49. The molecule has 0 unspecified atom stereocenters. The maximum atomic E-state index is 12.8. The quantitative estimate of drug-likeness (QED) is 0.366. The summed E-state index contributed by atoms with van der Waals surface area (Å²) in [5, 5.41) is 18.7. The molecule has 0 bridgehead atoms. The van der Waals surface area contributed by atoms with E-state index in [4.69, 9.17) is 10.8 Å². The minimum absolute atomic E-state index is 0. The number of fused-ring (bicyclic) bond motifs is 1. The van der Waals surface area contributed by atoms with E-state index >= 15 is 0 Å². The number of nitrogens with one attached hydrogen (secondary N) is 3. The van der Waals surface area contributed by atoms with Crippen LogP contribution in [-0.4, -0.2) is 44.7 Å². The van der Waals surface area contributed by atoms with Crippen molar-refractivity contribution < 1.29 is 11.0 Å². The van der Waals surface area contributed by atoms with Gasteiger partial charge in [-0.15, -0.1) is 0 Å². The van der Waals surface area contributed by atoms with E-state index in [-0.39, 0.29) is 24.6 Å². The molecule has 0 saturated carbocycles. The molecule has 0 aromatic carbocycles. The lowest BCUT2D eigenvalue weighted by molar-refractivity contribution is -0.127. The van der Waals surface area contributed by atoms with Crippen LogP contribution in [0.15, 0.2) is 42.1 Å². The zero-order chi connectivity index (χ0) is 26.8. The Kier molecular flexibility index (Phi) is 9.84. The minimum Gasteiger partial charge on any atom is -0.334 e. The van der Waals surface area contributed by atoms with Gasteiger partial charge in [-0.3, -0.25) is 25.4 Å². The maximum absolute atomic E-state index is 12.8. The molecule has 193 valence electrons. The predicted octanol–water partition coefficient (Wildman–Crippen LogP) is 5.00. The lowest BCUT2D eigenvalue weighted by Crippen LogP contribution is -2.36. The predicted molar refractivity (Wildman–Crippen MR) is 148 cm³/mol. The molecule has 4 rings (SSSR count). The van der Waals surface area contributed by atoms with Gasteiger partial charge in [-0.2, -0.15) is 0 Å². The van der Waals surface area contributed by atoms with Crippen molar-refractivity contribution in [3.63, 3.8) is 0 Å². The van der Waals surface area contributed by atoms with Crippen LogP contribution in [0.3, 0.4) is 0 Å². The number of hydrogen-bond acceptors (Lipinski definition) is 6. The van der Waals surface area contributed by atoms with Crippen LogP contribution < -0.4 is 5.32 Å². The van der Waals surface area contributed by atoms with Crippen molar-refractivity contribution in [1.82, 2.24) is 14.9 Å². The smallest absolute Gasteiger partial charge is 0.275 e. The van der Waals surface area contributed by atoms with Crippen LogP contribution in [0.25, 0.3) is 0 Å². The third-order valence-electron chi connectivity index (χ3n) is 5.56. The van der Waals surface area contributed by atoms with E-state index in [2.05, 4.69) is 41.0 Å². The summed E-state index contributed by atoms with van der Waals surface area (Å²) in [6.45, 7) is 7.38. The molecular weight excluding hydrogens is 464 g/mol. The Morgan fingerprint density at radius 3 is 2.59 bits per heavy atom. The Bertz CT molecular complexity index is 1290. The third kappa shape index (κ3) is 7.94. The van der Waals surface area contributed by atoms with Crippen LogP contribution in [0.5, 0.6) is 0 Å². The van der Waals surface area contributed by atoms with Crippen molar-refractivity contribution in [2.75, 3.05) is 11.9 Å². The molecule has 8 heteroatoms. The highest BCUT2D eigenvalue weighted by Crippen LogP contribution is 2.25. The summed E-state index contributed by atoms with van der Waals surface area (Å²) in [4.78, 5) is 35.5. The standard InChI is InChI=1S/C26H25N6O2.C3H8.H2/c1-2-3-5-20(27)10-11-21(28)22-6-4-7-24(30-22)31-25(33)23-14-19-16-32(26(34)17-8-9-17)13-12-18(19)15-29-23;1-3-2;/h4,6-9,14-15,27-28H,2-3,5,12-13,16H2,1H3,(H,30,31,33);3H2,1-2H3;1H. The van der Waals surface area contributed by atoms with Gasteiger partial charge >= 0.3 is 0 Å². The van der Waals surface area contributed by atoms with Gasteiger partial charge < -0.3 is 10.2 Å². The van der Waals surface area contributed by atoms with Crippen LogP contribution >= 0.6 is 0 Å². The number of allylic oxidation sites excluding steroid dienone is 1. The topological polar surface area (TPSA) is 123 Å². The van der Waals surface area contributed by atoms with Crippen molar-refractivity contribution in [3.05, 3.63) is 71.0 Å². The molecular formula is C29H35N6O2. The van der Waals surface area contributed by atoms with Crippen molar-refractivity contribution in [1.29, 1.82) is 10.8 Å². The highest BCUT2D eigenvalue weighted by Gasteiger charge is 2.27. The number of unbranched alkanes of at least 4 members (excludes halogenated alkanes) is 1. The molecule has 1 aliphatic carbocycles. The Labute approximate surface area is 220 Å². The van der Waals surface area contributed by atoms with Crippen LogP contribution in [0.1, 0.15) is 75.2 Å². The van der Waals surface area contributed by atoms with E-state index in [1.165, 1.54) is 6.42 Å². The van der Waals surface area contributed by atoms with Gasteiger partial charge in [0.1, 0.15) is 17.2 Å². The summed E-state index contributed by atoms with van der Waals surface area (Å²) >= 11 is 0. The Balaban J connectivity index is 0.00000121. The molecule has 0 atom stereocenters. The summed E-state index contributed by atoms with van der Waals surface area (Å²) in [6, 6.07) is 6.67. The fourth-order valence-electron chi connectivity index (χ4n) is 3.54. The number of nitrogens with zero attached hydrogens (tertiary/aromatic N) is 3. The molecule has 2 aliphatic rings. The number of carbonyl (C=O) groups is 2. The van der Waals surface area contributed by atoms with E-state index in [0.717, 1.165) is 29.5 Å². The number of hydrogen-bond donors (Lipinski definition) is 3. The molecule has 37 heavy (non-hydrogen) atoms. The van der Waals surface area contributed by atoms with E-state index in [9.17, 15) is 9.59 Å². The summed E-state index contributed by atoms with van der Waals surface area (Å²) in [5.74, 6) is 5.23. The van der Waals surface area contributed by atoms with E-state index < -0.39 is 5.91 Å². The Hall–Kier alpha value is -4.12. The van der Waals surface area contributed by atoms with Crippen LogP contribution in [0.4, 0.5) is 5.82 Å². The third-order valence-corrected chi connectivity index (χ3v) is 5.56. The van der Waals surface area contributed by atoms with Gasteiger partial charge in [0.25, 0.3) is 5.91 Å². The second kappa shape index (κ2) is 13.3. The van der Waals surface area contributed by atoms with Crippen molar-refractivity contribution in [2.24, 2.45) is 0 Å². The van der Waals surface area contributed by atoms with Gasteiger partial charge in [-0.25, -0.2) is 4.98 Å². The van der Waals surface area contributed by atoms with Crippen molar-refractivity contribution in [2.45, 2.75) is 59.4 Å². The summed E-state index contributed by atoms with van der Waals surface area (Å²) in [7, 11) is 0. The minimum atomic E-state index is -0.423. The average molecular weight is 500 g/mol. The largest absolute Gasteiger partial charge is 0.334 e. The second-order valence-electron chi connectivity index (χ2n) is 8.88. The van der Waals surface area contributed by atoms with Gasteiger partial charge in [0.05, 0.1) is 11.4 Å². The first kappa shape index (κ1) is 27.5. The molecule has 1 radical (unpaired) electrons. The van der Waals surface area contributed by atoms with E-state index in [1.54, 1.807) is 47.9 Å². The van der Waals surface area contributed by atoms with E-state index in [1.807, 2.05) is 6.92 Å². The normalized spacial score (nSPS) is 13.1. The fraction of sp³-hybridized carbons (Fsp3) is 0.345. The summed E-state index contributed by atoms with van der Waals surface area (Å²) < 4.78 is 0. The molecule has 0 spiro atoms. The number of aromatic nitrogens is 2. The van der Waals surface area contributed by atoms with Crippen LogP contribution in [0.2, 0.25) is 0 Å². The zero-order valence-electron chi connectivity index (χ0n) is 21.6. The first-order chi connectivity index (χ1) is 17.9. The first-order valence-electron chi connectivity index (χ1n) is 12.6. The number of anilines is 1. The van der Waals surface area contributed by atoms with Gasteiger partial charge in [0.15, 0.2) is 0 Å². The summed E-state index contributed by atoms with van der Waals surface area (Å²) in [6.07, 6.45) is 9.71. The zero-order valence-corrected chi connectivity index (χ0v) is 21.6. The highest BCUT2D eigenvalue weighted by molar-refractivity contribution is 6.14. The van der Waals surface area contributed by atoms with E-state index in [0.29, 0.717) is 37.3 Å². The lowest BCUT2D eigenvalue weighted by atomic mass is 10.0. The molecule has 3 N–H and O–H groups in total. The monoisotopic (exact) mass is 499 g/mol. The fourth-order valence-corrected chi connectivity index (χ4v) is 3.54. The van der Waals surface area contributed by atoms with Crippen LogP contribution in [0, 0.1) is 29.1 Å². The molecule has 3 heterocycles. The molecule has 2 aromatic rings. The molecule has 0 fully saturated rings. The maximum Gasteiger partial charge on any atom is 0.275 e. The van der Waals surface area contributed by atoms with Gasteiger partial charge in [-0.05, 0) is 60.4 Å². The van der Waals surface area contributed by atoms with Gasteiger partial charge in [0.2, 0.25) is 5.91 Å². The van der Waals surface area contributed by atoms with Crippen molar-refractivity contribution >= 4 is 29.1 Å². The molecule has 2 amide bonds. The SMILES string of the molecule is CCC.CCCCC(=N)C#CC(=N)c1cccc(NC(=O)c2cc3c(cn2)CCN(C(=O)C2=C[CH]2)C3)n1.[HH]. The second-order valence-corrected chi connectivity index (χ2v) is 8.88. The average Bonchev–Trinajstić information content (AvgIpc) is 3.75. The molecule has 2 aromatic heterocycles.